The monoisotopic (exact) mass is 339 g/mol. The molecule has 0 fully saturated rings. The molecule has 0 heterocycles. The van der Waals surface area contributed by atoms with Crippen LogP contribution < -0.4 is 11.1 Å². The Hall–Kier alpha value is -1.44. The van der Waals surface area contributed by atoms with Crippen molar-refractivity contribution in [3.8, 4) is 0 Å². The van der Waals surface area contributed by atoms with Crippen LogP contribution in [0.25, 0.3) is 0 Å². The number of nitrogens with one attached hydrogen (secondary N) is 1. The van der Waals surface area contributed by atoms with Crippen LogP contribution in [-0.4, -0.2) is 17.1 Å². The van der Waals surface area contributed by atoms with Gasteiger partial charge in [-0.15, -0.1) is 0 Å². The smallest absolute Gasteiger partial charge is 0.409 e. The quantitative estimate of drug-likeness (QED) is 0.340. The second kappa shape index (κ2) is 6.14. The number of benzene rings is 1. The maximum Gasteiger partial charge on any atom is 0.418 e. The molecule has 8 heteroatoms. The van der Waals surface area contributed by atoms with Gasteiger partial charge in [0, 0.05) is 10.2 Å². The van der Waals surface area contributed by atoms with Crippen LogP contribution in [-0.2, 0) is 6.18 Å². The number of rotatable bonds is 4. The first-order chi connectivity index (χ1) is 8.79. The van der Waals surface area contributed by atoms with E-state index in [4.69, 9.17) is 10.9 Å². The molecule has 106 valence electrons. The highest BCUT2D eigenvalue weighted by atomic mass is 79.9. The van der Waals surface area contributed by atoms with Gasteiger partial charge in [0.1, 0.15) is 0 Å². The molecule has 1 atom stereocenters. The van der Waals surface area contributed by atoms with Gasteiger partial charge in [0.2, 0.25) is 0 Å². The van der Waals surface area contributed by atoms with Crippen molar-refractivity contribution in [2.24, 2.45) is 10.9 Å². The van der Waals surface area contributed by atoms with E-state index in [1.165, 1.54) is 12.1 Å². The highest BCUT2D eigenvalue weighted by Crippen LogP contribution is 2.36. The van der Waals surface area contributed by atoms with Gasteiger partial charge >= 0.3 is 6.18 Å². The molecular formula is C11H13BrF3N3O. The van der Waals surface area contributed by atoms with E-state index in [0.29, 0.717) is 10.9 Å². The van der Waals surface area contributed by atoms with E-state index in [-0.39, 0.29) is 11.5 Å². The molecule has 0 amide bonds. The third kappa shape index (κ3) is 4.02. The summed E-state index contributed by atoms with van der Waals surface area (Å²) in [5.41, 5.74) is 4.48. The first-order valence-electron chi connectivity index (χ1n) is 5.40. The SMILES string of the molecule is CCC(Nc1ccc(Br)cc1C(F)(F)F)C(N)=NO. The number of hydrogen-bond donors (Lipinski definition) is 3. The third-order valence-electron chi connectivity index (χ3n) is 2.50. The normalized spacial score (nSPS) is 14.3. The number of amidine groups is 1. The van der Waals surface area contributed by atoms with Crippen LogP contribution in [0.15, 0.2) is 27.8 Å². The van der Waals surface area contributed by atoms with E-state index in [1.54, 1.807) is 6.92 Å². The van der Waals surface area contributed by atoms with Crippen LogP contribution in [0.2, 0.25) is 0 Å². The highest BCUT2D eigenvalue weighted by Gasteiger charge is 2.34. The summed E-state index contributed by atoms with van der Waals surface area (Å²) in [5, 5.41) is 14.0. The number of hydrogen-bond acceptors (Lipinski definition) is 3. The van der Waals surface area contributed by atoms with E-state index < -0.39 is 17.8 Å². The van der Waals surface area contributed by atoms with Crippen molar-refractivity contribution in [3.63, 3.8) is 0 Å². The van der Waals surface area contributed by atoms with Crippen molar-refractivity contribution < 1.29 is 18.4 Å². The van der Waals surface area contributed by atoms with E-state index in [2.05, 4.69) is 26.4 Å². The van der Waals surface area contributed by atoms with Crippen molar-refractivity contribution in [1.29, 1.82) is 0 Å². The van der Waals surface area contributed by atoms with Crippen LogP contribution in [0.3, 0.4) is 0 Å². The number of halogens is 4. The molecule has 0 saturated carbocycles. The predicted octanol–water partition coefficient (Wildman–Crippen LogP) is 3.40. The molecule has 1 aromatic rings. The van der Waals surface area contributed by atoms with Crippen LogP contribution in [0.1, 0.15) is 18.9 Å². The van der Waals surface area contributed by atoms with Gasteiger partial charge in [0.15, 0.2) is 5.84 Å². The minimum Gasteiger partial charge on any atom is -0.409 e. The zero-order valence-corrected chi connectivity index (χ0v) is 11.6. The first kappa shape index (κ1) is 15.6. The molecule has 4 N–H and O–H groups in total. The summed E-state index contributed by atoms with van der Waals surface area (Å²) in [6.07, 6.45) is -4.11. The zero-order valence-electron chi connectivity index (χ0n) is 10.0. The lowest BCUT2D eigenvalue weighted by Crippen LogP contribution is -2.35. The number of nitrogens with zero attached hydrogens (tertiary/aromatic N) is 1. The van der Waals surface area contributed by atoms with Crippen molar-refractivity contribution in [3.05, 3.63) is 28.2 Å². The summed E-state index contributed by atoms with van der Waals surface area (Å²) in [7, 11) is 0. The Morgan fingerprint density at radius 2 is 2.16 bits per heavy atom. The fourth-order valence-electron chi connectivity index (χ4n) is 1.52. The summed E-state index contributed by atoms with van der Waals surface area (Å²) < 4.78 is 39.0. The van der Waals surface area contributed by atoms with Gasteiger partial charge in [-0.25, -0.2) is 0 Å². The molecule has 0 bridgehead atoms. The van der Waals surface area contributed by atoms with Crippen molar-refractivity contribution in [2.45, 2.75) is 25.6 Å². The van der Waals surface area contributed by atoms with Gasteiger partial charge in [-0.3, -0.25) is 0 Å². The van der Waals surface area contributed by atoms with Gasteiger partial charge < -0.3 is 16.3 Å². The summed E-state index contributed by atoms with van der Waals surface area (Å²) in [5.74, 6) is -0.168. The molecule has 4 nitrogen and oxygen atoms in total. The minimum absolute atomic E-state index is 0.117. The lowest BCUT2D eigenvalue weighted by molar-refractivity contribution is -0.137. The van der Waals surface area contributed by atoms with Crippen LogP contribution >= 0.6 is 15.9 Å². The standard InChI is InChI=1S/C11H13BrF3N3O/c1-2-8(10(16)18-19)17-9-4-3-6(12)5-7(9)11(13,14)15/h3-5,8,17,19H,2H2,1H3,(H2,16,18). The average molecular weight is 340 g/mol. The molecule has 0 aliphatic rings. The average Bonchev–Trinajstić information content (AvgIpc) is 2.35. The first-order valence-corrected chi connectivity index (χ1v) is 6.19. The highest BCUT2D eigenvalue weighted by molar-refractivity contribution is 9.10. The van der Waals surface area contributed by atoms with Gasteiger partial charge in [0.05, 0.1) is 11.6 Å². The lowest BCUT2D eigenvalue weighted by Gasteiger charge is -2.20. The van der Waals surface area contributed by atoms with Crippen molar-refractivity contribution in [2.75, 3.05) is 5.32 Å². The van der Waals surface area contributed by atoms with E-state index in [9.17, 15) is 13.2 Å². The Morgan fingerprint density at radius 3 is 2.63 bits per heavy atom. The summed E-state index contributed by atoms with van der Waals surface area (Å²) in [6.45, 7) is 1.71. The molecule has 1 aromatic carbocycles. The third-order valence-corrected chi connectivity index (χ3v) is 2.99. The Morgan fingerprint density at radius 1 is 1.53 bits per heavy atom. The van der Waals surface area contributed by atoms with E-state index >= 15 is 0 Å². The van der Waals surface area contributed by atoms with Gasteiger partial charge in [-0.1, -0.05) is 28.0 Å². The summed E-state index contributed by atoms with van der Waals surface area (Å²) in [6, 6.07) is 3.07. The van der Waals surface area contributed by atoms with Gasteiger partial charge in [0.25, 0.3) is 0 Å². The topological polar surface area (TPSA) is 70.6 Å². The maximum atomic E-state index is 12.9. The van der Waals surface area contributed by atoms with E-state index in [1.807, 2.05) is 0 Å². The number of anilines is 1. The van der Waals surface area contributed by atoms with Gasteiger partial charge in [-0.2, -0.15) is 13.2 Å². The molecule has 19 heavy (non-hydrogen) atoms. The molecule has 0 radical (unpaired) electrons. The Balaban J connectivity index is 3.14. The van der Waals surface area contributed by atoms with Gasteiger partial charge in [-0.05, 0) is 24.6 Å². The van der Waals surface area contributed by atoms with Crippen LogP contribution in [0, 0.1) is 0 Å². The van der Waals surface area contributed by atoms with Crippen LogP contribution in [0.4, 0.5) is 18.9 Å². The molecule has 1 unspecified atom stereocenters. The largest absolute Gasteiger partial charge is 0.418 e. The summed E-state index contributed by atoms with van der Waals surface area (Å²) >= 11 is 3.00. The molecule has 0 spiro atoms. The van der Waals surface area contributed by atoms with E-state index in [0.717, 1.165) is 6.07 Å². The molecule has 1 rings (SSSR count). The molecule has 0 saturated heterocycles. The minimum atomic E-state index is -4.49. The number of alkyl halides is 3. The maximum absolute atomic E-state index is 12.9. The van der Waals surface area contributed by atoms with Crippen molar-refractivity contribution >= 4 is 27.5 Å². The molecule has 0 aliphatic carbocycles. The number of oxime groups is 1. The predicted molar refractivity (Wildman–Crippen MR) is 70.3 cm³/mol. The fourth-order valence-corrected chi connectivity index (χ4v) is 1.88. The Kier molecular flexibility index (Phi) is 5.04. The molecule has 0 aliphatic heterocycles. The zero-order chi connectivity index (χ0) is 14.6. The lowest BCUT2D eigenvalue weighted by atomic mass is 10.1. The van der Waals surface area contributed by atoms with Crippen molar-refractivity contribution in [1.82, 2.24) is 0 Å². The Bertz CT molecular complexity index is 477. The number of nitrogens with two attached hydrogens (primary N) is 1. The fraction of sp³-hybridized carbons (Fsp3) is 0.364. The Labute approximate surface area is 116 Å². The molecular weight excluding hydrogens is 327 g/mol. The molecule has 0 aromatic heterocycles. The second-order valence-corrected chi connectivity index (χ2v) is 4.73. The van der Waals surface area contributed by atoms with Crippen LogP contribution in [0.5, 0.6) is 0 Å². The summed E-state index contributed by atoms with van der Waals surface area (Å²) in [4.78, 5) is 0. The second-order valence-electron chi connectivity index (χ2n) is 3.82.